The predicted molar refractivity (Wildman–Crippen MR) is 178 cm³/mol. The molecule has 2 aliphatic rings. The van der Waals surface area contributed by atoms with Gasteiger partial charge in [-0.3, -0.25) is 0 Å². The van der Waals surface area contributed by atoms with Crippen molar-refractivity contribution < 1.29 is 27.8 Å². The van der Waals surface area contributed by atoms with Crippen LogP contribution in [0.3, 0.4) is 0 Å². The lowest BCUT2D eigenvalue weighted by Gasteiger charge is -2.49. The lowest BCUT2D eigenvalue weighted by Crippen LogP contribution is -2.40. The van der Waals surface area contributed by atoms with Crippen LogP contribution < -0.4 is 9.47 Å². The standard InChI is InChI=1S/C34H28N4O4.C4H8O2/c1-39-25-17-13-21(14-18-25)27-29(33-37-35-31(41-33)23-9-5-3-6-10-23)28(22-15-19-26(40-2)20-16-22)30(27)34-38-36-32(42-34)24-11-7-4-8-12-24;1-2-6-4-3-5-1/h3-20,27-30H,1-2H3;1-4H2. The SMILES string of the molecule is C1COCCO1.COc1ccc(C2C(c3nnc(-c4ccccc4)o3)C(c3ccc(OC)cc3)C2c2nnc(-c3ccccc3)o2)cc1. The highest BCUT2D eigenvalue weighted by molar-refractivity contribution is 5.54. The molecular formula is C38H36N4O6. The van der Waals surface area contributed by atoms with Gasteiger partial charge in [-0.15, -0.1) is 20.4 Å². The Labute approximate surface area is 278 Å². The molecule has 0 atom stereocenters. The van der Waals surface area contributed by atoms with Crippen LogP contribution in [0.15, 0.2) is 118 Å². The summed E-state index contributed by atoms with van der Waals surface area (Å²) in [6.45, 7) is 3.11. The molecule has 1 aliphatic heterocycles. The molecule has 0 N–H and O–H groups in total. The van der Waals surface area contributed by atoms with E-state index in [0.29, 0.717) is 23.6 Å². The van der Waals surface area contributed by atoms with Gasteiger partial charge in [-0.05, 0) is 59.7 Å². The van der Waals surface area contributed by atoms with Crippen LogP contribution in [0.4, 0.5) is 0 Å². The van der Waals surface area contributed by atoms with E-state index in [1.54, 1.807) is 14.2 Å². The van der Waals surface area contributed by atoms with Gasteiger partial charge < -0.3 is 27.8 Å². The molecule has 48 heavy (non-hydrogen) atoms. The first-order chi connectivity index (χ1) is 23.7. The molecule has 10 nitrogen and oxygen atoms in total. The molecule has 2 fully saturated rings. The smallest absolute Gasteiger partial charge is 0.247 e. The van der Waals surface area contributed by atoms with E-state index >= 15 is 0 Å². The fourth-order valence-corrected chi connectivity index (χ4v) is 6.42. The second kappa shape index (κ2) is 14.6. The van der Waals surface area contributed by atoms with Crippen LogP contribution in [0.25, 0.3) is 22.9 Å². The molecule has 4 aromatic carbocycles. The number of methoxy groups -OCH3 is 2. The van der Waals surface area contributed by atoms with Gasteiger partial charge in [0.05, 0.1) is 52.5 Å². The largest absolute Gasteiger partial charge is 0.497 e. The highest BCUT2D eigenvalue weighted by atomic mass is 16.6. The van der Waals surface area contributed by atoms with Crippen molar-refractivity contribution in [1.29, 1.82) is 0 Å². The molecule has 0 unspecified atom stereocenters. The molecule has 10 heteroatoms. The van der Waals surface area contributed by atoms with Crippen molar-refractivity contribution in [1.82, 2.24) is 20.4 Å². The molecule has 1 aliphatic carbocycles. The van der Waals surface area contributed by atoms with Crippen LogP contribution in [0.1, 0.15) is 46.6 Å². The van der Waals surface area contributed by atoms with Gasteiger partial charge in [0.25, 0.3) is 0 Å². The Morgan fingerprint density at radius 1 is 0.458 bits per heavy atom. The molecule has 0 bridgehead atoms. The van der Waals surface area contributed by atoms with E-state index in [1.807, 2.05) is 84.9 Å². The van der Waals surface area contributed by atoms with Gasteiger partial charge in [0.2, 0.25) is 23.6 Å². The second-order valence-corrected chi connectivity index (χ2v) is 11.5. The minimum atomic E-state index is -0.145. The highest BCUT2D eigenvalue weighted by Gasteiger charge is 2.57. The molecule has 8 rings (SSSR count). The molecule has 0 amide bonds. The third-order valence-electron chi connectivity index (χ3n) is 8.79. The fourth-order valence-electron chi connectivity index (χ4n) is 6.42. The summed E-state index contributed by atoms with van der Waals surface area (Å²) in [6, 6.07) is 35.8. The van der Waals surface area contributed by atoms with Crippen molar-refractivity contribution in [3.63, 3.8) is 0 Å². The average Bonchev–Trinajstić information content (AvgIpc) is 3.85. The number of rotatable bonds is 8. The summed E-state index contributed by atoms with van der Waals surface area (Å²) in [5, 5.41) is 18.0. The van der Waals surface area contributed by atoms with Crippen molar-refractivity contribution >= 4 is 0 Å². The van der Waals surface area contributed by atoms with Gasteiger partial charge in [0.15, 0.2) is 0 Å². The van der Waals surface area contributed by atoms with Crippen molar-refractivity contribution in [3.05, 3.63) is 132 Å². The van der Waals surface area contributed by atoms with Gasteiger partial charge >= 0.3 is 0 Å². The van der Waals surface area contributed by atoms with Crippen LogP contribution in [0.2, 0.25) is 0 Å². The minimum Gasteiger partial charge on any atom is -0.497 e. The molecule has 1 saturated carbocycles. The summed E-state index contributed by atoms with van der Waals surface area (Å²) < 4.78 is 33.6. The molecule has 244 valence electrons. The maximum Gasteiger partial charge on any atom is 0.247 e. The van der Waals surface area contributed by atoms with Crippen LogP contribution in [0, 0.1) is 0 Å². The number of hydrogen-bond donors (Lipinski definition) is 0. The summed E-state index contributed by atoms with van der Waals surface area (Å²) in [4.78, 5) is 0. The van der Waals surface area contributed by atoms with Crippen molar-refractivity contribution in [3.8, 4) is 34.4 Å². The fraction of sp³-hybridized carbons (Fsp3) is 0.263. The summed E-state index contributed by atoms with van der Waals surface area (Å²) >= 11 is 0. The quantitative estimate of drug-likeness (QED) is 0.167. The summed E-state index contributed by atoms with van der Waals surface area (Å²) in [5.74, 6) is 3.23. The zero-order valence-electron chi connectivity index (χ0n) is 26.8. The molecule has 1 saturated heterocycles. The molecule has 0 spiro atoms. The minimum absolute atomic E-state index is 0.0730. The van der Waals surface area contributed by atoms with Crippen LogP contribution in [0.5, 0.6) is 11.5 Å². The Balaban J connectivity index is 0.000000550. The van der Waals surface area contributed by atoms with Gasteiger partial charge in [-0.25, -0.2) is 0 Å². The van der Waals surface area contributed by atoms with E-state index < -0.39 is 0 Å². The zero-order valence-corrected chi connectivity index (χ0v) is 26.8. The van der Waals surface area contributed by atoms with Crippen molar-refractivity contribution in [2.24, 2.45) is 0 Å². The Bertz CT molecular complexity index is 1720. The Morgan fingerprint density at radius 3 is 1.17 bits per heavy atom. The first kappa shape index (κ1) is 31.3. The Kier molecular flexibility index (Phi) is 9.53. The number of aromatic nitrogens is 4. The highest BCUT2D eigenvalue weighted by Crippen LogP contribution is 2.66. The maximum atomic E-state index is 6.39. The third kappa shape index (κ3) is 6.58. The lowest BCUT2D eigenvalue weighted by atomic mass is 9.52. The number of nitrogens with zero attached hydrogens (tertiary/aromatic N) is 4. The molecular weight excluding hydrogens is 608 g/mol. The number of ether oxygens (including phenoxy) is 4. The van der Waals surface area contributed by atoms with Crippen molar-refractivity contribution in [2.45, 2.75) is 23.7 Å². The van der Waals surface area contributed by atoms with E-state index in [-0.39, 0.29) is 23.7 Å². The molecule has 3 heterocycles. The number of hydrogen-bond acceptors (Lipinski definition) is 10. The topological polar surface area (TPSA) is 115 Å². The number of benzene rings is 4. The Morgan fingerprint density at radius 2 is 0.833 bits per heavy atom. The first-order valence-electron chi connectivity index (χ1n) is 15.9. The summed E-state index contributed by atoms with van der Waals surface area (Å²) in [6.07, 6.45) is 0. The lowest BCUT2D eigenvalue weighted by molar-refractivity contribution is -0.0334. The van der Waals surface area contributed by atoms with Gasteiger partial charge in [-0.1, -0.05) is 60.7 Å². The zero-order chi connectivity index (χ0) is 32.7. The van der Waals surface area contributed by atoms with Gasteiger partial charge in [0, 0.05) is 23.0 Å². The third-order valence-corrected chi connectivity index (χ3v) is 8.79. The van der Waals surface area contributed by atoms with E-state index in [9.17, 15) is 0 Å². The monoisotopic (exact) mass is 644 g/mol. The van der Waals surface area contributed by atoms with Gasteiger partial charge in [-0.2, -0.15) is 0 Å². The predicted octanol–water partition coefficient (Wildman–Crippen LogP) is 7.29. The van der Waals surface area contributed by atoms with Crippen molar-refractivity contribution in [2.75, 3.05) is 40.6 Å². The maximum absolute atomic E-state index is 6.39. The van der Waals surface area contributed by atoms with E-state index in [2.05, 4.69) is 44.7 Å². The van der Waals surface area contributed by atoms with Crippen LogP contribution >= 0.6 is 0 Å². The van der Waals surface area contributed by atoms with Gasteiger partial charge in [0.1, 0.15) is 11.5 Å². The summed E-state index contributed by atoms with van der Waals surface area (Å²) in [7, 11) is 3.33. The van der Waals surface area contributed by atoms with E-state index in [0.717, 1.165) is 60.2 Å². The summed E-state index contributed by atoms with van der Waals surface area (Å²) in [5.41, 5.74) is 3.93. The van der Waals surface area contributed by atoms with E-state index in [4.69, 9.17) is 27.8 Å². The molecule has 6 aromatic rings. The first-order valence-corrected chi connectivity index (χ1v) is 15.9. The average molecular weight is 645 g/mol. The second-order valence-electron chi connectivity index (χ2n) is 11.5. The molecule has 2 aromatic heterocycles. The Hall–Kier alpha value is -5.32. The normalized spacial score (nSPS) is 20.2. The van der Waals surface area contributed by atoms with Crippen LogP contribution in [-0.4, -0.2) is 61.0 Å². The molecule has 0 radical (unpaired) electrons. The van der Waals surface area contributed by atoms with Crippen LogP contribution in [-0.2, 0) is 9.47 Å². The van der Waals surface area contributed by atoms with E-state index in [1.165, 1.54) is 0 Å².